The van der Waals surface area contributed by atoms with E-state index in [1.54, 1.807) is 12.0 Å². The van der Waals surface area contributed by atoms with Crippen molar-refractivity contribution in [2.75, 3.05) is 36.6 Å². The van der Waals surface area contributed by atoms with Crippen LogP contribution in [0.15, 0.2) is 48.5 Å². The third-order valence-electron chi connectivity index (χ3n) is 6.40. The number of methoxy groups -OCH3 is 1. The fourth-order valence-electron chi connectivity index (χ4n) is 4.73. The van der Waals surface area contributed by atoms with Crippen LogP contribution in [0.5, 0.6) is 5.75 Å². The SMILES string of the molecule is COc1ccccc1CCN1CC(=O)N(c2ccc(C(C)C)cc2)[C@@H]2CS(=O)(=O)C[C@@H]21. The second-order valence-electron chi connectivity index (χ2n) is 8.75. The molecule has 166 valence electrons. The minimum absolute atomic E-state index is 0.0144. The van der Waals surface area contributed by atoms with Crippen molar-refractivity contribution in [3.63, 3.8) is 0 Å². The summed E-state index contributed by atoms with van der Waals surface area (Å²) < 4.78 is 30.6. The fraction of sp³-hybridized carbons (Fsp3) is 0.458. The summed E-state index contributed by atoms with van der Waals surface area (Å²) in [6, 6.07) is 15.2. The Balaban J connectivity index is 1.57. The summed E-state index contributed by atoms with van der Waals surface area (Å²) >= 11 is 0. The van der Waals surface area contributed by atoms with E-state index in [4.69, 9.17) is 4.74 Å². The maximum absolute atomic E-state index is 13.2. The summed E-state index contributed by atoms with van der Waals surface area (Å²) in [5.74, 6) is 1.28. The van der Waals surface area contributed by atoms with E-state index < -0.39 is 9.84 Å². The molecule has 0 saturated carbocycles. The second kappa shape index (κ2) is 8.63. The number of piperazine rings is 1. The third-order valence-corrected chi connectivity index (χ3v) is 8.10. The van der Waals surface area contributed by atoms with Gasteiger partial charge >= 0.3 is 0 Å². The molecule has 2 aliphatic rings. The molecule has 2 aromatic carbocycles. The molecule has 0 unspecified atom stereocenters. The Kier molecular flexibility index (Phi) is 6.08. The average Bonchev–Trinajstić information content (AvgIpc) is 3.07. The van der Waals surface area contributed by atoms with Crippen molar-refractivity contribution in [3.8, 4) is 5.75 Å². The first-order valence-electron chi connectivity index (χ1n) is 10.8. The Labute approximate surface area is 184 Å². The van der Waals surface area contributed by atoms with Crippen LogP contribution in [0.4, 0.5) is 5.69 Å². The highest BCUT2D eigenvalue weighted by Gasteiger charge is 2.49. The highest BCUT2D eigenvalue weighted by atomic mass is 32.2. The van der Waals surface area contributed by atoms with Crippen LogP contribution in [0.3, 0.4) is 0 Å². The standard InChI is InChI=1S/C24H30N2O4S/c1-17(2)18-8-10-20(11-9-18)26-22-16-31(28,29)15-21(22)25(14-24(26)27)13-12-19-6-4-5-7-23(19)30-3/h4-11,17,21-22H,12-16H2,1-3H3/t21-,22+/m0/s1. The van der Waals surface area contributed by atoms with Gasteiger partial charge in [-0.2, -0.15) is 0 Å². The van der Waals surface area contributed by atoms with Gasteiger partial charge in [0.2, 0.25) is 5.91 Å². The number of hydrogen-bond donors (Lipinski definition) is 0. The van der Waals surface area contributed by atoms with Gasteiger partial charge in [0, 0.05) is 18.3 Å². The highest BCUT2D eigenvalue weighted by molar-refractivity contribution is 7.91. The summed E-state index contributed by atoms with van der Waals surface area (Å²) in [5, 5.41) is 0. The molecule has 0 aromatic heterocycles. The van der Waals surface area contributed by atoms with Gasteiger partial charge in [0.15, 0.2) is 9.84 Å². The lowest BCUT2D eigenvalue weighted by molar-refractivity contribution is -0.123. The highest BCUT2D eigenvalue weighted by Crippen LogP contribution is 2.32. The number of ether oxygens (including phenoxy) is 1. The largest absolute Gasteiger partial charge is 0.496 e. The summed E-state index contributed by atoms with van der Waals surface area (Å²) in [4.78, 5) is 16.9. The number of anilines is 1. The van der Waals surface area contributed by atoms with Gasteiger partial charge < -0.3 is 9.64 Å². The zero-order valence-electron chi connectivity index (χ0n) is 18.3. The van der Waals surface area contributed by atoms with Crippen molar-refractivity contribution in [2.24, 2.45) is 0 Å². The van der Waals surface area contributed by atoms with Crippen LogP contribution in [0.1, 0.15) is 30.9 Å². The van der Waals surface area contributed by atoms with E-state index >= 15 is 0 Å². The summed E-state index contributed by atoms with van der Waals surface area (Å²) in [6.45, 7) is 5.08. The van der Waals surface area contributed by atoms with Gasteiger partial charge in [0.1, 0.15) is 5.75 Å². The van der Waals surface area contributed by atoms with E-state index in [1.807, 2.05) is 53.4 Å². The third kappa shape index (κ3) is 4.48. The molecule has 2 saturated heterocycles. The first-order valence-corrected chi connectivity index (χ1v) is 12.6. The molecule has 0 aliphatic carbocycles. The van der Waals surface area contributed by atoms with Gasteiger partial charge in [-0.15, -0.1) is 0 Å². The predicted octanol–water partition coefficient (Wildman–Crippen LogP) is 2.88. The molecule has 0 N–H and O–H groups in total. The number of rotatable bonds is 6. The summed E-state index contributed by atoms with van der Waals surface area (Å²) in [5.41, 5.74) is 3.04. The molecule has 6 nitrogen and oxygen atoms in total. The quantitative estimate of drug-likeness (QED) is 0.688. The topological polar surface area (TPSA) is 66.9 Å². The van der Waals surface area contributed by atoms with Gasteiger partial charge in [-0.1, -0.05) is 44.2 Å². The molecule has 2 fully saturated rings. The molecular formula is C24H30N2O4S. The lowest BCUT2D eigenvalue weighted by Gasteiger charge is -2.43. The molecule has 0 spiro atoms. The van der Waals surface area contributed by atoms with Gasteiger partial charge in [-0.3, -0.25) is 9.69 Å². The molecule has 2 aliphatic heterocycles. The number of para-hydroxylation sites is 1. The second-order valence-corrected chi connectivity index (χ2v) is 10.9. The van der Waals surface area contributed by atoms with Crippen LogP contribution in [-0.2, 0) is 21.1 Å². The van der Waals surface area contributed by atoms with Crippen LogP contribution in [0.25, 0.3) is 0 Å². The fourth-order valence-corrected chi connectivity index (χ4v) is 6.71. The minimum Gasteiger partial charge on any atom is -0.496 e. The molecule has 2 atom stereocenters. The van der Waals surface area contributed by atoms with E-state index in [0.717, 1.165) is 17.0 Å². The van der Waals surface area contributed by atoms with Crippen molar-refractivity contribution in [2.45, 2.75) is 38.3 Å². The lowest BCUT2D eigenvalue weighted by atomic mass is 9.99. The molecular weight excluding hydrogens is 412 g/mol. The number of fused-ring (bicyclic) bond motifs is 1. The van der Waals surface area contributed by atoms with Crippen LogP contribution in [0.2, 0.25) is 0 Å². The number of hydrogen-bond acceptors (Lipinski definition) is 5. The Morgan fingerprint density at radius 1 is 1.03 bits per heavy atom. The number of carbonyl (C=O) groups excluding carboxylic acids is 1. The van der Waals surface area contributed by atoms with Crippen molar-refractivity contribution in [3.05, 3.63) is 59.7 Å². The monoisotopic (exact) mass is 442 g/mol. The first kappa shape index (κ1) is 21.8. The van der Waals surface area contributed by atoms with Crippen LogP contribution < -0.4 is 9.64 Å². The molecule has 0 bridgehead atoms. The molecule has 2 aromatic rings. The maximum atomic E-state index is 13.2. The molecule has 1 amide bonds. The van der Waals surface area contributed by atoms with Gasteiger partial charge in [0.25, 0.3) is 0 Å². The average molecular weight is 443 g/mol. The maximum Gasteiger partial charge on any atom is 0.241 e. The van der Waals surface area contributed by atoms with Crippen molar-refractivity contribution in [1.29, 1.82) is 0 Å². The zero-order chi connectivity index (χ0) is 22.2. The Morgan fingerprint density at radius 2 is 1.71 bits per heavy atom. The van der Waals surface area contributed by atoms with Gasteiger partial charge in [-0.25, -0.2) is 8.42 Å². The van der Waals surface area contributed by atoms with Crippen LogP contribution >= 0.6 is 0 Å². The van der Waals surface area contributed by atoms with Crippen molar-refractivity contribution >= 4 is 21.4 Å². The summed E-state index contributed by atoms with van der Waals surface area (Å²) in [7, 11) is -1.56. The smallest absolute Gasteiger partial charge is 0.241 e. The van der Waals surface area contributed by atoms with Crippen molar-refractivity contribution < 1.29 is 17.9 Å². The molecule has 4 rings (SSSR count). The number of benzene rings is 2. The Bertz CT molecular complexity index is 1050. The molecule has 31 heavy (non-hydrogen) atoms. The number of amides is 1. The van der Waals surface area contributed by atoms with Crippen LogP contribution in [-0.4, -0.2) is 63.0 Å². The number of sulfone groups is 1. The first-order chi connectivity index (χ1) is 14.8. The van der Waals surface area contributed by atoms with E-state index in [1.165, 1.54) is 5.56 Å². The van der Waals surface area contributed by atoms with E-state index in [-0.39, 0.29) is 36.0 Å². The lowest BCUT2D eigenvalue weighted by Crippen LogP contribution is -2.62. The van der Waals surface area contributed by atoms with Crippen molar-refractivity contribution in [1.82, 2.24) is 4.90 Å². The number of carbonyl (C=O) groups is 1. The van der Waals surface area contributed by atoms with E-state index in [0.29, 0.717) is 18.9 Å². The number of nitrogens with zero attached hydrogens (tertiary/aromatic N) is 2. The van der Waals surface area contributed by atoms with Crippen LogP contribution in [0, 0.1) is 0 Å². The molecule has 0 radical (unpaired) electrons. The normalized spacial score (nSPS) is 23.2. The van der Waals surface area contributed by atoms with Gasteiger partial charge in [-0.05, 0) is 41.7 Å². The Morgan fingerprint density at radius 3 is 2.39 bits per heavy atom. The zero-order valence-corrected chi connectivity index (χ0v) is 19.1. The molecule has 2 heterocycles. The minimum atomic E-state index is -3.20. The molecule has 7 heteroatoms. The summed E-state index contributed by atoms with van der Waals surface area (Å²) in [6.07, 6.45) is 0.698. The van der Waals surface area contributed by atoms with Gasteiger partial charge in [0.05, 0.1) is 31.2 Å². The Hall–Kier alpha value is -2.38. The van der Waals surface area contributed by atoms with E-state index in [9.17, 15) is 13.2 Å². The predicted molar refractivity (Wildman–Crippen MR) is 123 cm³/mol. The van der Waals surface area contributed by atoms with E-state index in [2.05, 4.69) is 13.8 Å².